The zero-order valence-corrected chi connectivity index (χ0v) is 13.5. The lowest BCUT2D eigenvalue weighted by molar-refractivity contribution is -0.144. The predicted molar refractivity (Wildman–Crippen MR) is 70.7 cm³/mol. The van der Waals surface area contributed by atoms with Gasteiger partial charge in [0.25, 0.3) is 5.91 Å². The minimum atomic E-state index is -5.14. The monoisotopic (exact) mass is 364 g/mol. The van der Waals surface area contributed by atoms with Crippen LogP contribution >= 0.6 is 15.6 Å². The Balaban J connectivity index is 5.23. The molecule has 0 radical (unpaired) electrons. The molecule has 0 aromatic heterocycles. The van der Waals surface area contributed by atoms with Gasteiger partial charge in [0.1, 0.15) is 0 Å². The molecule has 22 heavy (non-hydrogen) atoms. The lowest BCUT2D eigenvalue weighted by Gasteiger charge is -2.25. The molecule has 0 fully saturated rings. The Bertz CT molecular complexity index is 485. The Kier molecular flexibility index (Phi) is 8.55. The maximum atomic E-state index is 11.9. The van der Waals surface area contributed by atoms with Crippen LogP contribution in [0.4, 0.5) is 0 Å². The highest BCUT2D eigenvalue weighted by atomic mass is 31.2. The first kappa shape index (κ1) is 21.3. The lowest BCUT2D eigenvalue weighted by Crippen LogP contribution is -2.46. The molecule has 0 heterocycles. The maximum Gasteiger partial charge on any atom is 0.486 e. The van der Waals surface area contributed by atoms with Crippen LogP contribution in [0.15, 0.2) is 0 Å². The zero-order chi connectivity index (χ0) is 17.6. The Morgan fingerprint density at radius 2 is 1.64 bits per heavy atom. The number of hydroxylamine groups is 1. The lowest BCUT2D eigenvalue weighted by atomic mass is 9.99. The Morgan fingerprint density at radius 3 is 2.00 bits per heavy atom. The van der Waals surface area contributed by atoms with Crippen LogP contribution in [0.2, 0.25) is 0 Å². The molecule has 0 saturated carbocycles. The van der Waals surface area contributed by atoms with Crippen molar-refractivity contribution in [2.75, 3.05) is 6.54 Å². The van der Waals surface area contributed by atoms with E-state index in [4.69, 9.17) is 19.6 Å². The standard InChI is InChI=1S/C8H18N2O10P2/c1-3-5(6(11)7(12)9-4-2)8(19-21(13,14)15)10-20-22(16,17)18/h5,8,10H,3-4H2,1-2H3,(H,9,12)(H2,13,14,15)(H2,16,17,18). The number of amides is 1. The van der Waals surface area contributed by atoms with E-state index in [1.165, 1.54) is 6.92 Å². The van der Waals surface area contributed by atoms with E-state index in [2.05, 4.69) is 14.5 Å². The average molecular weight is 364 g/mol. The summed E-state index contributed by atoms with van der Waals surface area (Å²) in [6, 6.07) is 0. The van der Waals surface area contributed by atoms with E-state index in [9.17, 15) is 18.7 Å². The van der Waals surface area contributed by atoms with Crippen LogP contribution in [0.5, 0.6) is 0 Å². The third-order valence-electron chi connectivity index (χ3n) is 2.24. The number of hydrogen-bond acceptors (Lipinski definition) is 7. The highest BCUT2D eigenvalue weighted by Gasteiger charge is 2.37. The molecule has 14 heteroatoms. The summed E-state index contributed by atoms with van der Waals surface area (Å²) in [5.74, 6) is -3.58. The molecular formula is C8H18N2O10P2. The van der Waals surface area contributed by atoms with Gasteiger partial charge >= 0.3 is 15.6 Å². The van der Waals surface area contributed by atoms with Gasteiger partial charge in [-0.05, 0) is 13.3 Å². The molecule has 2 unspecified atom stereocenters. The molecule has 0 aliphatic carbocycles. The normalized spacial score (nSPS) is 15.2. The molecule has 0 rings (SSSR count). The Labute approximate surface area is 125 Å². The number of rotatable bonds is 10. The zero-order valence-electron chi connectivity index (χ0n) is 11.7. The maximum absolute atomic E-state index is 11.9. The number of likely N-dealkylation sites (N-methyl/N-ethyl adjacent to an activating group) is 1. The molecule has 2 atom stereocenters. The third-order valence-corrected chi connectivity index (χ3v) is 3.09. The van der Waals surface area contributed by atoms with Crippen LogP contribution in [-0.4, -0.2) is 44.0 Å². The van der Waals surface area contributed by atoms with Crippen LogP contribution in [0.3, 0.4) is 0 Å². The van der Waals surface area contributed by atoms with Crippen molar-refractivity contribution in [3.05, 3.63) is 0 Å². The second-order valence-corrected chi connectivity index (χ2v) is 6.31. The van der Waals surface area contributed by atoms with Gasteiger partial charge in [-0.1, -0.05) is 6.92 Å². The number of carbonyl (C=O) groups is 2. The highest BCUT2D eigenvalue weighted by molar-refractivity contribution is 7.46. The molecule has 0 spiro atoms. The fourth-order valence-corrected chi connectivity index (χ4v) is 2.13. The average Bonchev–Trinajstić information content (AvgIpc) is 2.34. The summed E-state index contributed by atoms with van der Waals surface area (Å²) in [6.45, 7) is 3.08. The Hall–Kier alpha value is -0.680. The molecule has 6 N–H and O–H groups in total. The summed E-state index contributed by atoms with van der Waals surface area (Å²) in [7, 11) is -10.2. The van der Waals surface area contributed by atoms with Crippen molar-refractivity contribution in [3.63, 3.8) is 0 Å². The van der Waals surface area contributed by atoms with Gasteiger partial charge in [0, 0.05) is 6.54 Å². The van der Waals surface area contributed by atoms with E-state index in [-0.39, 0.29) is 13.0 Å². The van der Waals surface area contributed by atoms with Crippen LogP contribution < -0.4 is 10.8 Å². The third kappa shape index (κ3) is 8.69. The molecule has 130 valence electrons. The number of Topliss-reactive ketones (excluding diaryl/α,β-unsaturated/α-hetero) is 1. The van der Waals surface area contributed by atoms with Crippen LogP contribution in [0.25, 0.3) is 0 Å². The van der Waals surface area contributed by atoms with Crippen molar-refractivity contribution in [3.8, 4) is 0 Å². The minimum Gasteiger partial charge on any atom is -0.350 e. The minimum absolute atomic E-state index is 0.127. The van der Waals surface area contributed by atoms with Crippen molar-refractivity contribution >= 4 is 27.3 Å². The first-order chi connectivity index (χ1) is 9.91. The highest BCUT2D eigenvalue weighted by Crippen LogP contribution is 2.40. The topological polar surface area (TPSA) is 192 Å². The second-order valence-electron chi connectivity index (χ2n) is 3.95. The first-order valence-corrected chi connectivity index (χ1v) is 9.03. The van der Waals surface area contributed by atoms with Gasteiger partial charge in [-0.2, -0.15) is 10.1 Å². The molecule has 0 bridgehead atoms. The van der Waals surface area contributed by atoms with E-state index in [1.807, 2.05) is 0 Å². The Morgan fingerprint density at radius 1 is 1.09 bits per heavy atom. The van der Waals surface area contributed by atoms with Crippen molar-refractivity contribution in [2.24, 2.45) is 5.92 Å². The molecule has 1 amide bonds. The van der Waals surface area contributed by atoms with Crippen LogP contribution in [0, 0.1) is 5.92 Å². The molecule has 0 aliphatic rings. The number of nitrogens with one attached hydrogen (secondary N) is 2. The van der Waals surface area contributed by atoms with Gasteiger partial charge in [0.15, 0.2) is 6.23 Å². The van der Waals surface area contributed by atoms with E-state index in [0.717, 1.165) is 0 Å². The van der Waals surface area contributed by atoms with Crippen molar-refractivity contribution in [1.82, 2.24) is 10.8 Å². The number of carbonyl (C=O) groups excluding carboxylic acids is 2. The van der Waals surface area contributed by atoms with E-state index >= 15 is 0 Å². The quantitative estimate of drug-likeness (QED) is 0.118. The summed E-state index contributed by atoms with van der Waals surface area (Å²) in [4.78, 5) is 58.0. The number of phosphoric acid groups is 2. The molecule has 0 aromatic rings. The predicted octanol–water partition coefficient (Wildman–Crippen LogP) is -1.23. The number of hydrogen-bond donors (Lipinski definition) is 6. The van der Waals surface area contributed by atoms with Gasteiger partial charge in [0.2, 0.25) is 5.78 Å². The molecule has 12 nitrogen and oxygen atoms in total. The molecule has 0 aromatic carbocycles. The summed E-state index contributed by atoms with van der Waals surface area (Å²) >= 11 is 0. The van der Waals surface area contributed by atoms with Gasteiger partial charge in [-0.25, -0.2) is 9.13 Å². The summed E-state index contributed by atoms with van der Waals surface area (Å²) in [5.41, 5.74) is 1.57. The van der Waals surface area contributed by atoms with Crippen LogP contribution in [-0.2, 0) is 27.9 Å². The second kappa shape index (κ2) is 8.82. The van der Waals surface area contributed by atoms with E-state index in [0.29, 0.717) is 0 Å². The van der Waals surface area contributed by atoms with Crippen molar-refractivity contribution in [1.29, 1.82) is 0 Å². The first-order valence-electron chi connectivity index (χ1n) is 5.97. The van der Waals surface area contributed by atoms with Crippen molar-refractivity contribution < 1.29 is 47.4 Å². The molecular weight excluding hydrogens is 346 g/mol. The van der Waals surface area contributed by atoms with Gasteiger partial charge in [0.05, 0.1) is 5.92 Å². The van der Waals surface area contributed by atoms with Crippen molar-refractivity contribution in [2.45, 2.75) is 26.5 Å². The largest absolute Gasteiger partial charge is 0.486 e. The fourth-order valence-electron chi connectivity index (χ4n) is 1.40. The van der Waals surface area contributed by atoms with Crippen LogP contribution in [0.1, 0.15) is 20.3 Å². The van der Waals surface area contributed by atoms with E-state index < -0.39 is 39.5 Å². The van der Waals surface area contributed by atoms with E-state index in [1.54, 1.807) is 12.4 Å². The smallest absolute Gasteiger partial charge is 0.350 e. The summed E-state index contributed by atoms with van der Waals surface area (Å²) in [6.07, 6.45) is -2.08. The van der Waals surface area contributed by atoms with Gasteiger partial charge < -0.3 is 24.9 Å². The fraction of sp³-hybridized carbons (Fsp3) is 0.750. The SMILES string of the molecule is CCNC(=O)C(=O)C(CC)C(NOP(=O)(O)O)OP(=O)(O)O. The van der Waals surface area contributed by atoms with Gasteiger partial charge in [-0.15, -0.1) is 0 Å². The molecule has 0 saturated heterocycles. The number of phosphoric ester groups is 1. The summed E-state index contributed by atoms with van der Waals surface area (Å²) < 4.78 is 29.6. The molecule has 0 aliphatic heterocycles. The van der Waals surface area contributed by atoms with Gasteiger partial charge in [-0.3, -0.25) is 14.1 Å². The summed E-state index contributed by atoms with van der Waals surface area (Å²) in [5, 5.41) is 2.19. The number of ketones is 1.